The molecule has 158 valence electrons. The molecule has 1 saturated heterocycles. The van der Waals surface area contributed by atoms with Crippen molar-refractivity contribution in [2.24, 2.45) is 0 Å². The molecule has 0 bridgehead atoms. The Morgan fingerprint density at radius 2 is 1.93 bits per heavy atom. The fraction of sp³-hybridized carbons (Fsp3) is 0.300. The Bertz CT molecular complexity index is 1200. The normalized spacial score (nSPS) is 15.3. The quantitative estimate of drug-likeness (QED) is 0.660. The molecule has 1 fully saturated rings. The summed E-state index contributed by atoms with van der Waals surface area (Å²) in [5, 5.41) is 2.76. The van der Waals surface area contributed by atoms with Gasteiger partial charge in [0.1, 0.15) is 11.3 Å². The molecule has 0 aliphatic carbocycles. The molecule has 9 nitrogen and oxygen atoms in total. The summed E-state index contributed by atoms with van der Waals surface area (Å²) in [5.41, 5.74) is 1.84. The third kappa shape index (κ3) is 3.89. The molecule has 3 aromatic rings. The summed E-state index contributed by atoms with van der Waals surface area (Å²) >= 11 is 0. The first-order valence-electron chi connectivity index (χ1n) is 9.33. The van der Waals surface area contributed by atoms with E-state index < -0.39 is 15.9 Å². The smallest absolute Gasteiger partial charge is 0.259 e. The number of methoxy groups -OCH3 is 1. The zero-order chi connectivity index (χ0) is 21.3. The highest BCUT2D eigenvalue weighted by Crippen LogP contribution is 2.27. The van der Waals surface area contributed by atoms with Crippen LogP contribution in [0.15, 0.2) is 45.7 Å². The van der Waals surface area contributed by atoms with Gasteiger partial charge in [-0.1, -0.05) is 0 Å². The number of nitrogens with one attached hydrogen (secondary N) is 1. The number of oxazole rings is 1. The van der Waals surface area contributed by atoms with Gasteiger partial charge in [0, 0.05) is 25.7 Å². The Balaban J connectivity index is 1.64. The third-order valence-electron chi connectivity index (χ3n) is 4.78. The van der Waals surface area contributed by atoms with Crippen molar-refractivity contribution in [3.63, 3.8) is 0 Å². The minimum absolute atomic E-state index is 0.0259. The summed E-state index contributed by atoms with van der Waals surface area (Å²) in [4.78, 5) is 17.2. The summed E-state index contributed by atoms with van der Waals surface area (Å²) in [6.07, 6.45) is 0. The van der Waals surface area contributed by atoms with Crippen LogP contribution in [0.1, 0.15) is 16.2 Å². The Morgan fingerprint density at radius 3 is 2.67 bits per heavy atom. The van der Waals surface area contributed by atoms with Gasteiger partial charge in [-0.2, -0.15) is 4.31 Å². The summed E-state index contributed by atoms with van der Waals surface area (Å²) in [7, 11) is -2.32. The number of ether oxygens (including phenoxy) is 2. The number of benzene rings is 2. The van der Waals surface area contributed by atoms with Crippen molar-refractivity contribution in [2.45, 2.75) is 11.8 Å². The molecule has 1 N–H and O–H groups in total. The molecule has 1 aromatic heterocycles. The van der Waals surface area contributed by atoms with E-state index in [0.717, 1.165) is 0 Å². The highest BCUT2D eigenvalue weighted by atomic mass is 32.2. The van der Waals surface area contributed by atoms with Gasteiger partial charge < -0.3 is 19.2 Å². The second kappa shape index (κ2) is 8.05. The minimum atomic E-state index is -3.75. The topological polar surface area (TPSA) is 111 Å². The van der Waals surface area contributed by atoms with Gasteiger partial charge in [-0.15, -0.1) is 0 Å². The second-order valence-corrected chi connectivity index (χ2v) is 8.69. The zero-order valence-electron chi connectivity index (χ0n) is 16.5. The lowest BCUT2D eigenvalue weighted by Crippen LogP contribution is -2.40. The maximum atomic E-state index is 12.9. The second-order valence-electron chi connectivity index (χ2n) is 6.75. The van der Waals surface area contributed by atoms with E-state index in [1.54, 1.807) is 25.1 Å². The largest absolute Gasteiger partial charge is 0.496 e. The molecular formula is C20H21N3O6S. The molecule has 0 radical (unpaired) electrons. The Hall–Kier alpha value is -2.95. The van der Waals surface area contributed by atoms with E-state index in [0.29, 0.717) is 35.9 Å². The average molecular weight is 431 g/mol. The SMILES string of the molecule is COc1ccc(S(=O)(=O)N2CCOCC2)cc1C(=O)Nc1ccc2oc(C)nc2c1. The van der Waals surface area contributed by atoms with Gasteiger partial charge in [0.05, 0.1) is 30.8 Å². The summed E-state index contributed by atoms with van der Waals surface area (Å²) < 4.78 is 43.2. The van der Waals surface area contributed by atoms with Gasteiger partial charge >= 0.3 is 0 Å². The van der Waals surface area contributed by atoms with Crippen LogP contribution in [0.5, 0.6) is 5.75 Å². The highest BCUT2D eigenvalue weighted by molar-refractivity contribution is 7.89. The van der Waals surface area contributed by atoms with E-state index in [9.17, 15) is 13.2 Å². The number of sulfonamides is 1. The number of hydrogen-bond acceptors (Lipinski definition) is 7. The summed E-state index contributed by atoms with van der Waals surface area (Å²) in [5.74, 6) is 0.299. The first-order chi connectivity index (χ1) is 14.4. The van der Waals surface area contributed by atoms with E-state index in [1.807, 2.05) is 0 Å². The van der Waals surface area contributed by atoms with Gasteiger partial charge in [-0.25, -0.2) is 13.4 Å². The molecule has 0 spiro atoms. The van der Waals surface area contributed by atoms with Gasteiger partial charge in [0.15, 0.2) is 11.5 Å². The highest BCUT2D eigenvalue weighted by Gasteiger charge is 2.28. The molecule has 1 aliphatic rings. The molecule has 2 aromatic carbocycles. The number of morpholine rings is 1. The standard InChI is InChI=1S/C20H21N3O6S/c1-13-21-17-11-14(3-5-19(17)29-13)22-20(24)16-12-15(4-6-18(16)27-2)30(25,26)23-7-9-28-10-8-23/h3-6,11-12H,7-10H2,1-2H3,(H,22,24). The van der Waals surface area contributed by atoms with Gasteiger partial charge in [-0.3, -0.25) is 4.79 Å². The van der Waals surface area contributed by atoms with E-state index in [-0.39, 0.29) is 29.3 Å². The number of nitrogens with zero attached hydrogens (tertiary/aromatic N) is 2. The van der Waals surface area contributed by atoms with Crippen LogP contribution in [-0.2, 0) is 14.8 Å². The van der Waals surface area contributed by atoms with E-state index >= 15 is 0 Å². The molecule has 0 atom stereocenters. The van der Waals surface area contributed by atoms with E-state index in [4.69, 9.17) is 13.9 Å². The fourth-order valence-electron chi connectivity index (χ4n) is 3.28. The van der Waals surface area contributed by atoms with Crippen molar-refractivity contribution in [1.29, 1.82) is 0 Å². The molecule has 1 amide bonds. The zero-order valence-corrected chi connectivity index (χ0v) is 17.4. The van der Waals surface area contributed by atoms with Gasteiger partial charge in [-0.05, 0) is 36.4 Å². The van der Waals surface area contributed by atoms with Crippen molar-refractivity contribution in [3.8, 4) is 5.75 Å². The van der Waals surface area contributed by atoms with Crippen molar-refractivity contribution < 1.29 is 27.1 Å². The minimum Gasteiger partial charge on any atom is -0.496 e. The number of hydrogen-bond donors (Lipinski definition) is 1. The van der Waals surface area contributed by atoms with Crippen LogP contribution < -0.4 is 10.1 Å². The monoisotopic (exact) mass is 431 g/mol. The number of carbonyl (C=O) groups is 1. The molecular weight excluding hydrogens is 410 g/mol. The van der Waals surface area contributed by atoms with Crippen LogP contribution in [0.25, 0.3) is 11.1 Å². The third-order valence-corrected chi connectivity index (χ3v) is 6.67. The molecule has 0 unspecified atom stereocenters. The maximum Gasteiger partial charge on any atom is 0.259 e. The van der Waals surface area contributed by atoms with Gasteiger partial charge in [0.25, 0.3) is 5.91 Å². The number of anilines is 1. The number of amides is 1. The van der Waals surface area contributed by atoms with Crippen molar-refractivity contribution >= 4 is 32.7 Å². The van der Waals surface area contributed by atoms with Crippen LogP contribution in [0.2, 0.25) is 0 Å². The van der Waals surface area contributed by atoms with Crippen LogP contribution in [-0.4, -0.2) is 57.0 Å². The average Bonchev–Trinajstić information content (AvgIpc) is 3.13. The molecule has 1 aliphatic heterocycles. The molecule has 4 rings (SSSR count). The van der Waals surface area contributed by atoms with E-state index in [1.165, 1.54) is 29.6 Å². The van der Waals surface area contributed by atoms with Crippen LogP contribution in [0, 0.1) is 6.92 Å². The first-order valence-corrected chi connectivity index (χ1v) is 10.8. The predicted molar refractivity (Wildman–Crippen MR) is 109 cm³/mol. The molecule has 10 heteroatoms. The number of rotatable bonds is 5. The lowest BCUT2D eigenvalue weighted by molar-refractivity contribution is 0.0730. The lowest BCUT2D eigenvalue weighted by Gasteiger charge is -2.26. The molecule has 2 heterocycles. The predicted octanol–water partition coefficient (Wildman–Crippen LogP) is 2.42. The lowest BCUT2D eigenvalue weighted by atomic mass is 10.1. The number of aromatic nitrogens is 1. The van der Waals surface area contributed by atoms with Crippen LogP contribution in [0.4, 0.5) is 5.69 Å². The first kappa shape index (κ1) is 20.3. The molecule has 30 heavy (non-hydrogen) atoms. The number of aryl methyl sites for hydroxylation is 1. The van der Waals surface area contributed by atoms with Crippen molar-refractivity contribution in [1.82, 2.24) is 9.29 Å². The Morgan fingerprint density at radius 1 is 1.17 bits per heavy atom. The van der Waals surface area contributed by atoms with Crippen LogP contribution in [0.3, 0.4) is 0 Å². The maximum absolute atomic E-state index is 12.9. The number of fused-ring (bicyclic) bond motifs is 1. The fourth-order valence-corrected chi connectivity index (χ4v) is 4.71. The summed E-state index contributed by atoms with van der Waals surface area (Å²) in [6, 6.07) is 9.33. The summed E-state index contributed by atoms with van der Waals surface area (Å²) in [6.45, 7) is 2.96. The Labute approximate surface area is 173 Å². The van der Waals surface area contributed by atoms with Crippen molar-refractivity contribution in [3.05, 3.63) is 47.9 Å². The Kier molecular flexibility index (Phi) is 5.46. The van der Waals surface area contributed by atoms with Gasteiger partial charge in [0.2, 0.25) is 10.0 Å². The van der Waals surface area contributed by atoms with Crippen LogP contribution >= 0.6 is 0 Å². The van der Waals surface area contributed by atoms with E-state index in [2.05, 4.69) is 10.3 Å². The molecule has 0 saturated carbocycles. The number of carbonyl (C=O) groups excluding carboxylic acids is 1. The van der Waals surface area contributed by atoms with Crippen molar-refractivity contribution in [2.75, 3.05) is 38.7 Å².